The summed E-state index contributed by atoms with van der Waals surface area (Å²) in [6, 6.07) is 8.01. The van der Waals surface area contributed by atoms with Gasteiger partial charge in [0.15, 0.2) is 5.82 Å². The van der Waals surface area contributed by atoms with Crippen LogP contribution in [0.4, 0.5) is 21.8 Å². The number of nitrogens with two attached hydrogens (primary N) is 1. The van der Waals surface area contributed by atoms with Crippen LogP contribution in [-0.4, -0.2) is 39.5 Å². The second-order valence-corrected chi connectivity index (χ2v) is 6.55. The Morgan fingerprint density at radius 3 is 2.62 bits per heavy atom. The molecule has 26 heavy (non-hydrogen) atoms. The van der Waals surface area contributed by atoms with Gasteiger partial charge in [0.25, 0.3) is 5.91 Å². The molecule has 2 heterocycles. The molecule has 7 nitrogen and oxygen atoms in total. The first-order chi connectivity index (χ1) is 12.3. The van der Waals surface area contributed by atoms with E-state index in [1.807, 2.05) is 26.0 Å². The summed E-state index contributed by atoms with van der Waals surface area (Å²) in [6.45, 7) is 4.10. The first-order valence-electron chi connectivity index (χ1n) is 8.21. The van der Waals surface area contributed by atoms with Crippen LogP contribution >= 0.6 is 0 Å². The Kier molecular flexibility index (Phi) is 4.50. The minimum Gasteiger partial charge on any atom is -0.382 e. The zero-order chi connectivity index (χ0) is 19.0. The minimum absolute atomic E-state index is 0.164. The van der Waals surface area contributed by atoms with E-state index in [9.17, 15) is 9.18 Å². The first kappa shape index (κ1) is 17.7. The number of rotatable bonds is 4. The lowest BCUT2D eigenvalue weighted by Crippen LogP contribution is -2.21. The molecule has 0 bridgehead atoms. The fraction of sp³-hybridized carbons (Fsp3) is 0.278. The van der Waals surface area contributed by atoms with Crippen LogP contribution in [0.3, 0.4) is 0 Å². The second-order valence-electron chi connectivity index (χ2n) is 6.55. The fourth-order valence-electron chi connectivity index (χ4n) is 2.66. The van der Waals surface area contributed by atoms with Crippen molar-refractivity contribution in [3.63, 3.8) is 0 Å². The molecule has 1 aromatic carbocycles. The standard InChI is InChI=1S/C18H21FN6O/c1-10(2)14-7-8-15-16(20)22-18(23-25(14)15)21-13-6-5-11(9-12(13)19)17(26)24(3)4/h5-10H,1-4H3,(H3,20,21,22,23). The Bertz CT molecular complexity index is 979. The van der Waals surface area contributed by atoms with Crippen molar-refractivity contribution in [3.05, 3.63) is 47.4 Å². The summed E-state index contributed by atoms with van der Waals surface area (Å²) in [5.74, 6) is -0.122. The van der Waals surface area contributed by atoms with Crippen molar-refractivity contribution in [2.24, 2.45) is 0 Å². The van der Waals surface area contributed by atoms with Gasteiger partial charge in [-0.1, -0.05) is 13.8 Å². The van der Waals surface area contributed by atoms with E-state index in [-0.39, 0.29) is 29.0 Å². The van der Waals surface area contributed by atoms with E-state index in [0.717, 1.165) is 5.69 Å². The number of amides is 1. The quantitative estimate of drug-likeness (QED) is 0.750. The molecule has 0 radical (unpaired) electrons. The van der Waals surface area contributed by atoms with Crippen molar-refractivity contribution in [3.8, 4) is 0 Å². The Balaban J connectivity index is 1.96. The summed E-state index contributed by atoms with van der Waals surface area (Å²) in [5, 5.41) is 7.25. The van der Waals surface area contributed by atoms with E-state index in [1.165, 1.54) is 17.0 Å². The highest BCUT2D eigenvalue weighted by Gasteiger charge is 2.15. The van der Waals surface area contributed by atoms with E-state index in [1.54, 1.807) is 24.7 Å². The summed E-state index contributed by atoms with van der Waals surface area (Å²) in [7, 11) is 3.23. The van der Waals surface area contributed by atoms with Crippen molar-refractivity contribution in [2.75, 3.05) is 25.1 Å². The van der Waals surface area contributed by atoms with Crippen molar-refractivity contribution >= 4 is 28.9 Å². The Morgan fingerprint density at radius 1 is 1.27 bits per heavy atom. The zero-order valence-electron chi connectivity index (χ0n) is 15.1. The number of halogens is 1. The molecule has 0 saturated heterocycles. The van der Waals surface area contributed by atoms with Gasteiger partial charge in [-0.05, 0) is 36.2 Å². The smallest absolute Gasteiger partial charge is 0.253 e. The third-order valence-corrected chi connectivity index (χ3v) is 4.03. The third-order valence-electron chi connectivity index (χ3n) is 4.03. The summed E-state index contributed by atoms with van der Waals surface area (Å²) < 4.78 is 16.1. The maximum atomic E-state index is 14.4. The molecule has 136 valence electrons. The number of benzene rings is 1. The van der Waals surface area contributed by atoms with Gasteiger partial charge in [-0.15, -0.1) is 5.10 Å². The molecule has 3 rings (SSSR count). The number of hydrogen-bond acceptors (Lipinski definition) is 5. The number of anilines is 3. The molecule has 8 heteroatoms. The van der Waals surface area contributed by atoms with Crippen LogP contribution in [-0.2, 0) is 0 Å². The number of hydrogen-bond donors (Lipinski definition) is 2. The van der Waals surface area contributed by atoms with Crippen molar-refractivity contribution < 1.29 is 9.18 Å². The number of carbonyl (C=O) groups is 1. The topological polar surface area (TPSA) is 88.5 Å². The SMILES string of the molecule is CC(C)c1ccc2c(N)nc(Nc3ccc(C(=O)N(C)C)cc3F)nn12. The predicted octanol–water partition coefficient (Wildman–Crippen LogP) is 3.02. The normalized spacial score (nSPS) is 11.2. The van der Waals surface area contributed by atoms with E-state index in [2.05, 4.69) is 15.4 Å². The number of nitrogens with one attached hydrogen (secondary N) is 1. The maximum Gasteiger partial charge on any atom is 0.253 e. The largest absolute Gasteiger partial charge is 0.382 e. The zero-order valence-corrected chi connectivity index (χ0v) is 15.1. The van der Waals surface area contributed by atoms with Crippen LogP contribution in [0.1, 0.15) is 35.8 Å². The molecule has 0 atom stereocenters. The molecule has 0 aliphatic carbocycles. The summed E-state index contributed by atoms with van der Waals surface area (Å²) in [6.07, 6.45) is 0. The maximum absolute atomic E-state index is 14.4. The van der Waals surface area contributed by atoms with Gasteiger partial charge in [0.1, 0.15) is 11.3 Å². The van der Waals surface area contributed by atoms with Gasteiger partial charge in [0.2, 0.25) is 5.95 Å². The highest BCUT2D eigenvalue weighted by molar-refractivity contribution is 5.94. The van der Waals surface area contributed by atoms with E-state index in [0.29, 0.717) is 11.3 Å². The number of fused-ring (bicyclic) bond motifs is 1. The average molecular weight is 356 g/mol. The molecule has 0 saturated carbocycles. The van der Waals surface area contributed by atoms with Crippen molar-refractivity contribution in [2.45, 2.75) is 19.8 Å². The monoisotopic (exact) mass is 356 g/mol. The van der Waals surface area contributed by atoms with E-state index < -0.39 is 5.82 Å². The molecule has 3 N–H and O–H groups in total. The van der Waals surface area contributed by atoms with Gasteiger partial charge in [-0.2, -0.15) is 4.98 Å². The van der Waals surface area contributed by atoms with Crippen molar-refractivity contribution in [1.82, 2.24) is 19.5 Å². The number of carbonyl (C=O) groups excluding carboxylic acids is 1. The molecule has 2 aromatic heterocycles. The van der Waals surface area contributed by atoms with E-state index >= 15 is 0 Å². The Hall–Kier alpha value is -3.16. The summed E-state index contributed by atoms with van der Waals surface area (Å²) >= 11 is 0. The van der Waals surface area contributed by atoms with Crippen LogP contribution < -0.4 is 11.1 Å². The molecule has 0 aliphatic rings. The molecular weight excluding hydrogens is 335 g/mol. The van der Waals surface area contributed by atoms with Crippen LogP contribution in [0.15, 0.2) is 30.3 Å². The first-order valence-corrected chi connectivity index (χ1v) is 8.21. The lowest BCUT2D eigenvalue weighted by molar-refractivity contribution is 0.0827. The summed E-state index contributed by atoms with van der Waals surface area (Å²) in [5.41, 5.74) is 8.11. The summed E-state index contributed by atoms with van der Waals surface area (Å²) in [4.78, 5) is 17.5. The number of aromatic nitrogens is 3. The Morgan fingerprint density at radius 2 is 2.00 bits per heavy atom. The number of nitrogens with zero attached hydrogens (tertiary/aromatic N) is 4. The third kappa shape index (κ3) is 3.17. The van der Waals surface area contributed by atoms with Gasteiger partial charge >= 0.3 is 0 Å². The highest BCUT2D eigenvalue weighted by atomic mass is 19.1. The van der Waals surface area contributed by atoms with Crippen LogP contribution in [0, 0.1) is 5.82 Å². The number of nitrogen functional groups attached to an aromatic ring is 1. The average Bonchev–Trinajstić information content (AvgIpc) is 3.00. The molecule has 0 fully saturated rings. The van der Waals surface area contributed by atoms with Gasteiger partial charge in [0.05, 0.1) is 5.69 Å². The van der Waals surface area contributed by atoms with Gasteiger partial charge in [-0.3, -0.25) is 4.79 Å². The molecule has 0 aliphatic heterocycles. The molecule has 3 aromatic rings. The van der Waals surface area contributed by atoms with Crippen LogP contribution in [0.2, 0.25) is 0 Å². The van der Waals surface area contributed by atoms with Gasteiger partial charge in [-0.25, -0.2) is 8.91 Å². The van der Waals surface area contributed by atoms with E-state index in [4.69, 9.17) is 5.73 Å². The van der Waals surface area contributed by atoms with Crippen LogP contribution in [0.25, 0.3) is 5.52 Å². The lowest BCUT2D eigenvalue weighted by atomic mass is 10.1. The second kappa shape index (κ2) is 6.62. The van der Waals surface area contributed by atoms with Gasteiger partial charge < -0.3 is 16.0 Å². The van der Waals surface area contributed by atoms with Crippen LogP contribution in [0.5, 0.6) is 0 Å². The molecule has 1 amide bonds. The highest BCUT2D eigenvalue weighted by Crippen LogP contribution is 2.24. The minimum atomic E-state index is -0.573. The fourth-order valence-corrected chi connectivity index (χ4v) is 2.66. The predicted molar refractivity (Wildman–Crippen MR) is 99.2 cm³/mol. The molecule has 0 unspecified atom stereocenters. The molecular formula is C18H21FN6O. The lowest BCUT2D eigenvalue weighted by Gasteiger charge is -2.13. The Labute approximate surface area is 150 Å². The van der Waals surface area contributed by atoms with Gasteiger partial charge in [0, 0.05) is 25.4 Å². The van der Waals surface area contributed by atoms with Crippen molar-refractivity contribution in [1.29, 1.82) is 0 Å². The molecule has 0 spiro atoms.